The van der Waals surface area contributed by atoms with Crippen molar-refractivity contribution in [3.05, 3.63) is 0 Å². The van der Waals surface area contributed by atoms with Gasteiger partial charge in [0.25, 0.3) is 0 Å². The Labute approximate surface area is 71.3 Å². The van der Waals surface area contributed by atoms with Gasteiger partial charge in [-0.25, -0.2) is 4.79 Å². The second kappa shape index (κ2) is 3.81. The molecule has 0 amide bonds. The summed E-state index contributed by atoms with van der Waals surface area (Å²) in [5.41, 5.74) is 0. The second-order valence-corrected chi connectivity index (χ2v) is 3.87. The fourth-order valence-electron chi connectivity index (χ4n) is 0.953. The summed E-state index contributed by atoms with van der Waals surface area (Å²) in [4.78, 5) is 10.1. The van der Waals surface area contributed by atoms with Crippen LogP contribution in [0, 0.1) is 5.92 Å². The number of carboxylic acid groups (broad SMARTS) is 1. The molecule has 0 aliphatic heterocycles. The Morgan fingerprint density at radius 1 is 1.73 bits per heavy atom. The monoisotopic (exact) mass is 180 g/mol. The van der Waals surface area contributed by atoms with Gasteiger partial charge in [0.2, 0.25) is 0 Å². The lowest BCUT2D eigenvalue weighted by molar-refractivity contribution is 0.0295. The van der Waals surface area contributed by atoms with Crippen molar-refractivity contribution in [1.82, 2.24) is 0 Å². The molecule has 0 heterocycles. The maximum atomic E-state index is 10.1. The van der Waals surface area contributed by atoms with E-state index in [4.69, 9.17) is 16.7 Å². The quantitative estimate of drug-likeness (QED) is 0.537. The Hall–Kier alpha value is -0.440. The number of hydrogen-bond donors (Lipinski definition) is 1. The maximum absolute atomic E-state index is 10.1. The maximum Gasteiger partial charge on any atom is 0.507 e. The lowest BCUT2D eigenvalue weighted by Crippen LogP contribution is -2.26. The van der Waals surface area contributed by atoms with Crippen LogP contribution >= 0.6 is 11.6 Å². The molecular weight excluding hydrogens is 168 g/mol. The summed E-state index contributed by atoms with van der Waals surface area (Å²) in [6, 6.07) is 0. The second-order valence-electron chi connectivity index (χ2n) is 3.07. The lowest BCUT2D eigenvalue weighted by atomic mass is 10.1. The highest BCUT2D eigenvalue weighted by molar-refractivity contribution is 6.23. The number of alkyl halides is 1. The van der Waals surface area contributed by atoms with Crippen molar-refractivity contribution in [2.24, 2.45) is 5.92 Å². The molecule has 0 rings (SSSR count). The molecule has 0 spiro atoms. The average molecular weight is 181 g/mol. The third kappa shape index (κ3) is 5.98. The number of halogens is 1. The van der Waals surface area contributed by atoms with E-state index in [1.165, 1.54) is 0 Å². The van der Waals surface area contributed by atoms with Crippen LogP contribution in [0.4, 0.5) is 4.79 Å². The van der Waals surface area contributed by atoms with Gasteiger partial charge in [-0.05, 0) is 12.8 Å². The van der Waals surface area contributed by atoms with Crippen LogP contribution in [0.1, 0.15) is 27.2 Å². The van der Waals surface area contributed by atoms with E-state index in [0.29, 0.717) is 12.3 Å². The van der Waals surface area contributed by atoms with Crippen LogP contribution in [0.5, 0.6) is 0 Å². The molecule has 0 bridgehead atoms. The third-order valence-corrected chi connectivity index (χ3v) is 1.30. The normalized spacial score (nSPS) is 16.1. The zero-order chi connectivity index (χ0) is 9.07. The van der Waals surface area contributed by atoms with E-state index in [9.17, 15) is 4.79 Å². The van der Waals surface area contributed by atoms with Gasteiger partial charge in [0.15, 0.2) is 5.06 Å². The first-order valence-electron chi connectivity index (χ1n) is 3.44. The summed E-state index contributed by atoms with van der Waals surface area (Å²) in [5.74, 6) is 0.317. The predicted octanol–water partition coefficient (Wildman–Crippen LogP) is 2.68. The van der Waals surface area contributed by atoms with Gasteiger partial charge in [0, 0.05) is 6.42 Å². The average Bonchev–Trinajstić information content (AvgIpc) is 1.53. The number of hydrogen-bond acceptors (Lipinski definition) is 2. The Kier molecular flexibility index (Phi) is 3.66. The van der Waals surface area contributed by atoms with E-state index in [2.05, 4.69) is 4.74 Å². The third-order valence-electron chi connectivity index (χ3n) is 1.07. The number of carbonyl (C=O) groups is 1. The number of rotatable bonds is 3. The highest BCUT2D eigenvalue weighted by atomic mass is 35.5. The van der Waals surface area contributed by atoms with Gasteiger partial charge < -0.3 is 9.84 Å². The molecule has 0 aliphatic rings. The van der Waals surface area contributed by atoms with Crippen molar-refractivity contribution in [3.8, 4) is 0 Å². The summed E-state index contributed by atoms with van der Waals surface area (Å²) in [6.45, 7) is 5.44. The van der Waals surface area contributed by atoms with Gasteiger partial charge in [0.05, 0.1) is 0 Å². The van der Waals surface area contributed by atoms with E-state index >= 15 is 0 Å². The van der Waals surface area contributed by atoms with Crippen molar-refractivity contribution in [1.29, 1.82) is 0 Å². The summed E-state index contributed by atoms with van der Waals surface area (Å²) in [6.07, 6.45) is -0.816. The van der Waals surface area contributed by atoms with Crippen LogP contribution in [0.3, 0.4) is 0 Å². The van der Waals surface area contributed by atoms with Crippen LogP contribution in [-0.2, 0) is 4.74 Å². The summed E-state index contributed by atoms with van der Waals surface area (Å²) in [7, 11) is 0. The highest BCUT2D eigenvalue weighted by Crippen LogP contribution is 2.25. The van der Waals surface area contributed by atoms with Crippen molar-refractivity contribution < 1.29 is 14.6 Å². The molecule has 0 aromatic rings. The van der Waals surface area contributed by atoms with E-state index in [-0.39, 0.29) is 0 Å². The molecule has 0 aromatic carbocycles. The van der Waals surface area contributed by atoms with Gasteiger partial charge in [-0.3, -0.25) is 0 Å². The molecule has 0 aliphatic carbocycles. The minimum Gasteiger partial charge on any atom is -0.450 e. The van der Waals surface area contributed by atoms with Gasteiger partial charge in [-0.2, -0.15) is 0 Å². The van der Waals surface area contributed by atoms with Crippen LogP contribution in [0.25, 0.3) is 0 Å². The SMILES string of the molecule is CC(C)CC(C)(Cl)OC(=O)O. The number of ether oxygens (including phenoxy) is 1. The van der Waals surface area contributed by atoms with Crippen LogP contribution in [0.2, 0.25) is 0 Å². The molecule has 1 atom stereocenters. The van der Waals surface area contributed by atoms with Crippen molar-refractivity contribution in [3.63, 3.8) is 0 Å². The van der Waals surface area contributed by atoms with Crippen LogP contribution in [-0.4, -0.2) is 16.3 Å². The van der Waals surface area contributed by atoms with E-state index in [0.717, 1.165) is 0 Å². The zero-order valence-corrected chi connectivity index (χ0v) is 7.68. The van der Waals surface area contributed by atoms with E-state index < -0.39 is 11.2 Å². The first-order chi connectivity index (χ1) is 4.83. The molecule has 0 aromatic heterocycles. The molecule has 11 heavy (non-hydrogen) atoms. The van der Waals surface area contributed by atoms with Crippen LogP contribution in [0.15, 0.2) is 0 Å². The molecule has 0 saturated carbocycles. The largest absolute Gasteiger partial charge is 0.507 e. The molecule has 1 unspecified atom stereocenters. The molecule has 66 valence electrons. The minimum atomic E-state index is -1.33. The smallest absolute Gasteiger partial charge is 0.450 e. The van der Waals surface area contributed by atoms with Gasteiger partial charge in [0.1, 0.15) is 0 Å². The van der Waals surface area contributed by atoms with E-state index in [1.807, 2.05) is 13.8 Å². The molecule has 0 fully saturated rings. The standard InChI is InChI=1S/C7H13ClO3/c1-5(2)4-7(3,8)11-6(9)10/h5H,4H2,1-3H3,(H,9,10). The van der Waals surface area contributed by atoms with E-state index in [1.54, 1.807) is 6.92 Å². The lowest BCUT2D eigenvalue weighted by Gasteiger charge is -2.22. The summed E-state index contributed by atoms with van der Waals surface area (Å²) < 4.78 is 4.43. The first kappa shape index (κ1) is 10.6. The first-order valence-corrected chi connectivity index (χ1v) is 3.82. The molecule has 0 saturated heterocycles. The van der Waals surface area contributed by atoms with Crippen molar-refractivity contribution in [2.45, 2.75) is 32.3 Å². The summed E-state index contributed by atoms with van der Waals surface area (Å²) >= 11 is 5.72. The Morgan fingerprint density at radius 3 is 2.45 bits per heavy atom. The summed E-state index contributed by atoms with van der Waals surface area (Å²) in [5, 5.41) is 7.17. The fourth-order valence-corrected chi connectivity index (χ4v) is 1.33. The fraction of sp³-hybridized carbons (Fsp3) is 0.857. The predicted molar refractivity (Wildman–Crippen MR) is 42.8 cm³/mol. The Balaban J connectivity index is 3.89. The minimum absolute atomic E-state index is 0.317. The van der Waals surface area contributed by atoms with Gasteiger partial charge >= 0.3 is 6.16 Å². The molecule has 0 radical (unpaired) electrons. The zero-order valence-electron chi connectivity index (χ0n) is 6.93. The topological polar surface area (TPSA) is 46.5 Å². The Morgan fingerprint density at radius 2 is 2.18 bits per heavy atom. The molecule has 4 heteroatoms. The highest BCUT2D eigenvalue weighted by Gasteiger charge is 2.26. The Bertz CT molecular complexity index is 143. The molecular formula is C7H13ClO3. The van der Waals surface area contributed by atoms with Gasteiger partial charge in [-0.1, -0.05) is 25.4 Å². The van der Waals surface area contributed by atoms with Crippen molar-refractivity contribution in [2.75, 3.05) is 0 Å². The van der Waals surface area contributed by atoms with Crippen molar-refractivity contribution >= 4 is 17.8 Å². The van der Waals surface area contributed by atoms with Crippen LogP contribution < -0.4 is 0 Å². The molecule has 3 nitrogen and oxygen atoms in total. The van der Waals surface area contributed by atoms with Gasteiger partial charge in [-0.15, -0.1) is 0 Å². The molecule has 1 N–H and O–H groups in total.